The highest BCUT2D eigenvalue weighted by molar-refractivity contribution is 7.10. The second-order valence-corrected chi connectivity index (χ2v) is 9.00. The first-order valence-corrected chi connectivity index (χ1v) is 12.1. The highest BCUT2D eigenvalue weighted by Gasteiger charge is 2.16. The SMILES string of the molecule is O=c1oc2ccccc2cc1-c1nn(-c2ccccc2)cc1C=Cc1nc(-c2ccc(F)cc2)cs1. The first kappa shape index (κ1) is 21.9. The molecule has 0 aliphatic heterocycles. The van der Waals surface area contributed by atoms with Gasteiger partial charge in [0, 0.05) is 28.1 Å². The van der Waals surface area contributed by atoms with Gasteiger partial charge in [0.15, 0.2) is 0 Å². The summed E-state index contributed by atoms with van der Waals surface area (Å²) in [6.45, 7) is 0. The summed E-state index contributed by atoms with van der Waals surface area (Å²) in [5.74, 6) is -0.282. The van der Waals surface area contributed by atoms with Crippen LogP contribution in [0.4, 0.5) is 4.39 Å². The molecule has 0 bridgehead atoms. The Morgan fingerprint density at radius 1 is 0.917 bits per heavy atom. The Bertz CT molecular complexity index is 1770. The molecule has 174 valence electrons. The number of benzene rings is 3. The fraction of sp³-hybridized carbons (Fsp3) is 0. The standard InChI is InChI=1S/C29H18FN3O2S/c30-22-13-10-19(11-14-22)25-18-36-27(31-25)15-12-21-17-33(23-7-2-1-3-8-23)32-28(21)24-16-20-6-4-5-9-26(20)35-29(24)34/h1-18H. The fourth-order valence-corrected chi connectivity index (χ4v) is 4.66. The van der Waals surface area contributed by atoms with Crippen molar-refractivity contribution in [2.45, 2.75) is 0 Å². The molecule has 0 atom stereocenters. The lowest BCUT2D eigenvalue weighted by molar-refractivity contribution is 0.563. The molecule has 36 heavy (non-hydrogen) atoms. The number of rotatable bonds is 5. The second kappa shape index (κ2) is 9.20. The van der Waals surface area contributed by atoms with E-state index in [0.717, 1.165) is 32.9 Å². The Morgan fingerprint density at radius 3 is 2.53 bits per heavy atom. The van der Waals surface area contributed by atoms with Crippen LogP contribution in [0.15, 0.2) is 106 Å². The van der Waals surface area contributed by atoms with E-state index < -0.39 is 5.63 Å². The van der Waals surface area contributed by atoms with Gasteiger partial charge in [-0.25, -0.2) is 18.9 Å². The van der Waals surface area contributed by atoms with Gasteiger partial charge in [-0.05, 0) is 60.7 Å². The van der Waals surface area contributed by atoms with Crippen LogP contribution >= 0.6 is 11.3 Å². The number of hydrogen-bond donors (Lipinski definition) is 0. The number of fused-ring (bicyclic) bond motifs is 1. The van der Waals surface area contributed by atoms with Gasteiger partial charge in [0.05, 0.1) is 16.9 Å². The average molecular weight is 492 g/mol. The van der Waals surface area contributed by atoms with Crippen LogP contribution in [0.3, 0.4) is 0 Å². The smallest absolute Gasteiger partial charge is 0.345 e. The zero-order valence-corrected chi connectivity index (χ0v) is 19.7. The number of thiazole rings is 1. The Morgan fingerprint density at radius 2 is 1.69 bits per heavy atom. The molecule has 3 aromatic heterocycles. The van der Waals surface area contributed by atoms with Crippen molar-refractivity contribution in [1.29, 1.82) is 0 Å². The molecule has 0 spiro atoms. The summed E-state index contributed by atoms with van der Waals surface area (Å²) in [4.78, 5) is 17.6. The molecular weight excluding hydrogens is 473 g/mol. The molecule has 0 N–H and O–H groups in total. The summed E-state index contributed by atoms with van der Waals surface area (Å²) in [5, 5.41) is 8.27. The number of para-hydroxylation sites is 2. The largest absolute Gasteiger partial charge is 0.422 e. The van der Waals surface area contributed by atoms with Crippen LogP contribution < -0.4 is 5.63 Å². The summed E-state index contributed by atoms with van der Waals surface area (Å²) in [6, 6.07) is 25.2. The fourth-order valence-electron chi connectivity index (χ4n) is 3.94. The molecule has 3 heterocycles. The molecule has 0 amide bonds. The van der Waals surface area contributed by atoms with Gasteiger partial charge >= 0.3 is 5.63 Å². The number of aromatic nitrogens is 3. The van der Waals surface area contributed by atoms with Gasteiger partial charge < -0.3 is 4.42 Å². The predicted molar refractivity (Wildman–Crippen MR) is 141 cm³/mol. The van der Waals surface area contributed by atoms with Crippen molar-refractivity contribution < 1.29 is 8.81 Å². The normalized spacial score (nSPS) is 11.5. The van der Waals surface area contributed by atoms with Crippen molar-refractivity contribution in [3.8, 4) is 28.2 Å². The predicted octanol–water partition coefficient (Wildman–Crippen LogP) is 7.08. The minimum atomic E-state index is -0.450. The molecule has 0 fully saturated rings. The van der Waals surface area contributed by atoms with Crippen LogP contribution in [-0.4, -0.2) is 14.8 Å². The van der Waals surface area contributed by atoms with E-state index in [1.165, 1.54) is 23.5 Å². The molecule has 6 rings (SSSR count). The van der Waals surface area contributed by atoms with Gasteiger partial charge in [0.1, 0.15) is 22.1 Å². The molecule has 6 aromatic rings. The van der Waals surface area contributed by atoms with Gasteiger partial charge in [0.2, 0.25) is 0 Å². The third kappa shape index (κ3) is 4.28. The maximum atomic E-state index is 13.3. The zero-order chi connectivity index (χ0) is 24.5. The van der Waals surface area contributed by atoms with Gasteiger partial charge in [-0.15, -0.1) is 11.3 Å². The number of hydrogen-bond acceptors (Lipinski definition) is 5. The van der Waals surface area contributed by atoms with E-state index in [2.05, 4.69) is 4.98 Å². The van der Waals surface area contributed by atoms with Crippen LogP contribution in [-0.2, 0) is 0 Å². The first-order chi connectivity index (χ1) is 17.6. The molecule has 0 unspecified atom stereocenters. The lowest BCUT2D eigenvalue weighted by Gasteiger charge is -2.01. The molecule has 0 saturated heterocycles. The molecule has 0 radical (unpaired) electrons. The quantitative estimate of drug-likeness (QED) is 0.242. The van der Waals surface area contributed by atoms with Crippen LogP contribution in [0.2, 0.25) is 0 Å². The van der Waals surface area contributed by atoms with Crippen molar-refractivity contribution in [2.24, 2.45) is 0 Å². The Kier molecular flexibility index (Phi) is 5.59. The highest BCUT2D eigenvalue weighted by Crippen LogP contribution is 2.28. The van der Waals surface area contributed by atoms with Gasteiger partial charge in [-0.1, -0.05) is 36.4 Å². The van der Waals surface area contributed by atoms with E-state index in [-0.39, 0.29) is 5.82 Å². The Hall–Kier alpha value is -4.62. The molecule has 7 heteroatoms. The van der Waals surface area contributed by atoms with Gasteiger partial charge in [-0.2, -0.15) is 5.10 Å². The molecular formula is C29H18FN3O2S. The van der Waals surface area contributed by atoms with Crippen LogP contribution in [0.1, 0.15) is 10.6 Å². The lowest BCUT2D eigenvalue weighted by atomic mass is 10.1. The topological polar surface area (TPSA) is 60.9 Å². The third-order valence-electron chi connectivity index (χ3n) is 5.73. The maximum Gasteiger partial charge on any atom is 0.345 e. The minimum Gasteiger partial charge on any atom is -0.422 e. The molecule has 5 nitrogen and oxygen atoms in total. The lowest BCUT2D eigenvalue weighted by Crippen LogP contribution is -2.04. The molecule has 3 aromatic carbocycles. The minimum absolute atomic E-state index is 0.282. The van der Waals surface area contributed by atoms with E-state index in [1.54, 1.807) is 22.9 Å². The van der Waals surface area contributed by atoms with Crippen molar-refractivity contribution in [3.63, 3.8) is 0 Å². The molecule has 0 aliphatic rings. The van der Waals surface area contributed by atoms with Crippen LogP contribution in [0.25, 0.3) is 51.3 Å². The van der Waals surface area contributed by atoms with Crippen molar-refractivity contribution in [3.05, 3.63) is 123 Å². The molecule has 0 saturated carbocycles. The summed E-state index contributed by atoms with van der Waals surface area (Å²) in [6.07, 6.45) is 5.66. The summed E-state index contributed by atoms with van der Waals surface area (Å²) in [5.41, 5.74) is 4.22. The summed E-state index contributed by atoms with van der Waals surface area (Å²) < 4.78 is 20.6. The van der Waals surface area contributed by atoms with Gasteiger partial charge in [-0.3, -0.25) is 0 Å². The highest BCUT2D eigenvalue weighted by atomic mass is 32.1. The van der Waals surface area contributed by atoms with Crippen LogP contribution in [0.5, 0.6) is 0 Å². The van der Waals surface area contributed by atoms with Crippen molar-refractivity contribution in [1.82, 2.24) is 14.8 Å². The first-order valence-electron chi connectivity index (χ1n) is 11.2. The van der Waals surface area contributed by atoms with E-state index in [0.29, 0.717) is 16.8 Å². The van der Waals surface area contributed by atoms with Crippen LogP contribution in [0, 0.1) is 5.82 Å². The molecule has 0 aliphatic carbocycles. The average Bonchev–Trinajstić information content (AvgIpc) is 3.55. The second-order valence-electron chi connectivity index (χ2n) is 8.11. The number of halogens is 1. The summed E-state index contributed by atoms with van der Waals surface area (Å²) in [7, 11) is 0. The van der Waals surface area contributed by atoms with Gasteiger partial charge in [0.25, 0.3) is 0 Å². The monoisotopic (exact) mass is 491 g/mol. The van der Waals surface area contributed by atoms with E-state index in [1.807, 2.05) is 78.3 Å². The summed E-state index contributed by atoms with van der Waals surface area (Å²) >= 11 is 1.48. The van der Waals surface area contributed by atoms with E-state index in [9.17, 15) is 9.18 Å². The van der Waals surface area contributed by atoms with Crippen molar-refractivity contribution in [2.75, 3.05) is 0 Å². The maximum absolute atomic E-state index is 13.3. The Labute approximate surface area is 209 Å². The Balaban J connectivity index is 1.42. The van der Waals surface area contributed by atoms with E-state index in [4.69, 9.17) is 9.52 Å². The number of nitrogens with zero attached hydrogens (tertiary/aromatic N) is 3. The van der Waals surface area contributed by atoms with E-state index >= 15 is 0 Å². The zero-order valence-electron chi connectivity index (χ0n) is 18.8. The van der Waals surface area contributed by atoms with Crippen molar-refractivity contribution >= 4 is 34.5 Å². The third-order valence-corrected chi connectivity index (χ3v) is 6.54.